The van der Waals surface area contributed by atoms with Crippen LogP contribution < -0.4 is 10.4 Å². The molecule has 5 nitrogen and oxygen atoms in total. The van der Waals surface area contributed by atoms with Gasteiger partial charge in [-0.05, 0) is 18.2 Å². The summed E-state index contributed by atoms with van der Waals surface area (Å²) in [6, 6.07) is 7.32. The van der Waals surface area contributed by atoms with Crippen molar-refractivity contribution in [3.8, 4) is 0 Å². The number of benzene rings is 1. The number of hydrogen-bond donors (Lipinski definition) is 1. The molecule has 2 rings (SSSR count). The summed E-state index contributed by atoms with van der Waals surface area (Å²) in [4.78, 5) is 0.615. The molecular formula is C16H17BrN3O2-. The van der Waals surface area contributed by atoms with Crippen molar-refractivity contribution in [1.29, 1.82) is 0 Å². The van der Waals surface area contributed by atoms with Crippen LogP contribution in [-0.4, -0.2) is 10.4 Å². The van der Waals surface area contributed by atoms with E-state index in [2.05, 4.69) is 26.4 Å². The number of allylic oxidation sites excluding steroid dienone is 2. The van der Waals surface area contributed by atoms with E-state index in [0.29, 0.717) is 16.1 Å². The molecule has 0 radical (unpaired) electrons. The Morgan fingerprint density at radius 3 is 2.64 bits per heavy atom. The average molecular weight is 363 g/mol. The van der Waals surface area contributed by atoms with Gasteiger partial charge >= 0.3 is 0 Å². The summed E-state index contributed by atoms with van der Waals surface area (Å²) in [5, 5.41) is 31.3. The van der Waals surface area contributed by atoms with Crippen molar-refractivity contribution in [1.82, 2.24) is 5.32 Å². The van der Waals surface area contributed by atoms with Crippen molar-refractivity contribution in [2.45, 2.75) is 26.3 Å². The Labute approximate surface area is 138 Å². The predicted molar refractivity (Wildman–Crippen MR) is 87.2 cm³/mol. The van der Waals surface area contributed by atoms with Gasteiger partial charge in [-0.25, -0.2) is 0 Å². The summed E-state index contributed by atoms with van der Waals surface area (Å²) in [6.07, 6.45) is 4.69. The lowest BCUT2D eigenvalue weighted by atomic mass is 10.1. The molecule has 6 heteroatoms. The van der Waals surface area contributed by atoms with Crippen LogP contribution in [0, 0.1) is 5.21 Å². The Hall–Kier alpha value is -2.08. The quantitative estimate of drug-likeness (QED) is 0.498. The molecule has 0 atom stereocenters. The minimum absolute atomic E-state index is 0.219. The van der Waals surface area contributed by atoms with Crippen LogP contribution in [0.3, 0.4) is 0 Å². The number of azo groups is 1. The maximum atomic E-state index is 12.2. The minimum Gasteiger partial charge on any atom is -0.871 e. The highest BCUT2D eigenvalue weighted by Gasteiger charge is 2.23. The SMILES string of the molecule is CC(C)(C)[N+]([O-])=NC(=C1NC=CC=C1[O-])c1cccc(Br)c1. The van der Waals surface area contributed by atoms with Crippen LogP contribution in [0.5, 0.6) is 0 Å². The maximum Gasteiger partial charge on any atom is 0.191 e. The van der Waals surface area contributed by atoms with Gasteiger partial charge in [-0.3, -0.25) is 0 Å². The first kappa shape index (κ1) is 16.3. The van der Waals surface area contributed by atoms with Gasteiger partial charge in [-0.15, -0.1) is 0 Å². The molecule has 1 N–H and O–H groups in total. The van der Waals surface area contributed by atoms with E-state index in [0.717, 1.165) is 4.47 Å². The monoisotopic (exact) mass is 362 g/mol. The second-order valence-electron chi connectivity index (χ2n) is 5.81. The predicted octanol–water partition coefficient (Wildman–Crippen LogP) is 3.24. The average Bonchev–Trinajstić information content (AvgIpc) is 2.44. The Bertz CT molecular complexity index is 698. The van der Waals surface area contributed by atoms with E-state index in [-0.39, 0.29) is 11.5 Å². The number of hydroxylamine groups is 1. The Balaban J connectivity index is 2.64. The third-order valence-electron chi connectivity index (χ3n) is 2.92. The van der Waals surface area contributed by atoms with E-state index in [9.17, 15) is 10.3 Å². The molecule has 1 aromatic rings. The van der Waals surface area contributed by atoms with Gasteiger partial charge in [0.1, 0.15) is 0 Å². The van der Waals surface area contributed by atoms with Gasteiger partial charge < -0.3 is 15.6 Å². The lowest BCUT2D eigenvalue weighted by Crippen LogP contribution is -2.28. The standard InChI is InChI=1S/C16H18BrN3O2/c1-16(2,3)20(22)19-14(11-6-4-7-12(17)10-11)15-13(21)8-5-9-18-15/h4-10,18,21H,1-3H3/p-1. The third-order valence-corrected chi connectivity index (χ3v) is 3.41. The normalized spacial score (nSPS) is 17.8. The molecule has 0 amide bonds. The van der Waals surface area contributed by atoms with E-state index in [1.165, 1.54) is 6.08 Å². The third kappa shape index (κ3) is 3.76. The maximum absolute atomic E-state index is 12.2. The highest BCUT2D eigenvalue weighted by atomic mass is 79.9. The number of hydrogen-bond acceptors (Lipinski definition) is 4. The zero-order valence-corrected chi connectivity index (χ0v) is 14.2. The highest BCUT2D eigenvalue weighted by molar-refractivity contribution is 9.10. The van der Waals surface area contributed by atoms with Crippen LogP contribution in [0.2, 0.25) is 0 Å². The molecule has 1 aromatic carbocycles. The number of nitrogens with zero attached hydrogens (tertiary/aromatic N) is 2. The Morgan fingerprint density at radius 2 is 2.05 bits per heavy atom. The summed E-state index contributed by atoms with van der Waals surface area (Å²) in [5.74, 6) is -0.219. The van der Waals surface area contributed by atoms with E-state index in [1.807, 2.05) is 18.2 Å². The molecular weight excluding hydrogens is 346 g/mol. The van der Waals surface area contributed by atoms with Crippen molar-refractivity contribution in [2.75, 3.05) is 0 Å². The van der Waals surface area contributed by atoms with Gasteiger partial charge in [-0.1, -0.05) is 44.8 Å². The number of nitrogens with one attached hydrogen (secondary N) is 1. The molecule has 0 aromatic heterocycles. The van der Waals surface area contributed by atoms with Crippen molar-refractivity contribution in [3.05, 3.63) is 69.3 Å². The van der Waals surface area contributed by atoms with E-state index in [4.69, 9.17) is 0 Å². The lowest BCUT2D eigenvalue weighted by molar-refractivity contribution is -0.594. The minimum atomic E-state index is -0.699. The van der Waals surface area contributed by atoms with Gasteiger partial charge in [0.25, 0.3) is 0 Å². The molecule has 1 aliphatic heterocycles. The van der Waals surface area contributed by atoms with Crippen molar-refractivity contribution < 1.29 is 9.97 Å². The Kier molecular flexibility index (Phi) is 4.71. The second-order valence-corrected chi connectivity index (χ2v) is 6.73. The fraction of sp³-hybridized carbons (Fsp3) is 0.250. The highest BCUT2D eigenvalue weighted by Crippen LogP contribution is 2.26. The molecule has 0 saturated heterocycles. The first-order valence-corrected chi connectivity index (χ1v) is 7.58. The van der Waals surface area contributed by atoms with Gasteiger partial charge in [0, 0.05) is 42.1 Å². The second kappa shape index (κ2) is 6.36. The molecule has 0 aliphatic carbocycles. The van der Waals surface area contributed by atoms with Crippen LogP contribution >= 0.6 is 15.9 Å². The lowest BCUT2D eigenvalue weighted by Gasteiger charge is -2.22. The molecule has 0 unspecified atom stereocenters. The molecule has 1 heterocycles. The van der Waals surface area contributed by atoms with E-state index >= 15 is 0 Å². The first-order valence-electron chi connectivity index (χ1n) is 6.79. The molecule has 0 saturated carbocycles. The zero-order valence-electron chi connectivity index (χ0n) is 12.6. The van der Waals surface area contributed by atoms with Gasteiger partial charge in [-0.2, -0.15) is 0 Å². The summed E-state index contributed by atoms with van der Waals surface area (Å²) in [6.45, 7) is 5.28. The first-order chi connectivity index (χ1) is 10.3. The van der Waals surface area contributed by atoms with E-state index in [1.54, 1.807) is 39.1 Å². The van der Waals surface area contributed by atoms with E-state index < -0.39 is 5.54 Å². The molecule has 1 aliphatic rings. The fourth-order valence-corrected chi connectivity index (χ4v) is 2.13. The van der Waals surface area contributed by atoms with Crippen LogP contribution in [0.15, 0.2) is 63.7 Å². The summed E-state index contributed by atoms with van der Waals surface area (Å²) >= 11 is 3.39. The van der Waals surface area contributed by atoms with Crippen molar-refractivity contribution >= 4 is 21.6 Å². The number of dihydropyridines is 1. The molecule has 0 bridgehead atoms. The molecule has 116 valence electrons. The van der Waals surface area contributed by atoms with Crippen molar-refractivity contribution in [3.63, 3.8) is 0 Å². The van der Waals surface area contributed by atoms with Crippen molar-refractivity contribution in [2.24, 2.45) is 5.11 Å². The van der Waals surface area contributed by atoms with Crippen LogP contribution in [0.25, 0.3) is 5.70 Å². The van der Waals surface area contributed by atoms with Crippen LogP contribution in [0.1, 0.15) is 26.3 Å². The van der Waals surface area contributed by atoms with Crippen LogP contribution in [0.4, 0.5) is 0 Å². The molecule has 22 heavy (non-hydrogen) atoms. The molecule has 0 fully saturated rings. The summed E-state index contributed by atoms with van der Waals surface area (Å²) in [7, 11) is 0. The summed E-state index contributed by atoms with van der Waals surface area (Å²) in [5.41, 5.74) is 0.580. The smallest absolute Gasteiger partial charge is 0.191 e. The number of halogens is 1. The zero-order chi connectivity index (χ0) is 16.3. The Morgan fingerprint density at radius 1 is 1.32 bits per heavy atom. The van der Waals surface area contributed by atoms with Gasteiger partial charge in [0.15, 0.2) is 11.2 Å². The van der Waals surface area contributed by atoms with Gasteiger partial charge in [0.2, 0.25) is 0 Å². The summed E-state index contributed by atoms with van der Waals surface area (Å²) < 4.78 is 0.842. The van der Waals surface area contributed by atoms with Crippen LogP contribution in [-0.2, 0) is 0 Å². The largest absolute Gasteiger partial charge is 0.871 e. The topological polar surface area (TPSA) is 73.5 Å². The number of rotatable bonds is 2. The fourth-order valence-electron chi connectivity index (χ4n) is 1.74. The van der Waals surface area contributed by atoms with Gasteiger partial charge in [0.05, 0.1) is 5.70 Å². The molecule has 0 spiro atoms.